The molecule has 5 heteroatoms. The highest BCUT2D eigenvalue weighted by atomic mass is 35.5. The lowest BCUT2D eigenvalue weighted by Crippen LogP contribution is -1.99. The molecule has 0 aliphatic heterocycles. The van der Waals surface area contributed by atoms with Gasteiger partial charge in [0.1, 0.15) is 10.4 Å². The largest absolute Gasteiger partial charge is 0.384 e. The number of aliphatic hydroxyl groups excluding tert-OH is 1. The molecule has 84 valence electrons. The second-order valence-electron chi connectivity index (χ2n) is 3.42. The first-order chi connectivity index (χ1) is 7.58. The van der Waals surface area contributed by atoms with Crippen LogP contribution in [0.25, 0.3) is 0 Å². The smallest absolute Gasteiger partial charge is 0.108 e. The average molecular weight is 274 g/mol. The first kappa shape index (κ1) is 11.9. The van der Waals surface area contributed by atoms with E-state index in [-0.39, 0.29) is 0 Å². The van der Waals surface area contributed by atoms with E-state index in [1.807, 2.05) is 19.1 Å². The van der Waals surface area contributed by atoms with Gasteiger partial charge in [-0.3, -0.25) is 4.98 Å². The Bertz CT molecular complexity index is 495. The summed E-state index contributed by atoms with van der Waals surface area (Å²) < 4.78 is 1.08. The van der Waals surface area contributed by atoms with E-state index >= 15 is 0 Å². The lowest BCUT2D eigenvalue weighted by atomic mass is 10.1. The molecule has 1 unspecified atom stereocenters. The number of thiophene rings is 1. The SMILES string of the molecule is Cc1ccc(C(O)c2cc(Cl)sc2Cl)cn1. The third-order valence-corrected chi connectivity index (χ3v) is 3.75. The molecule has 1 atom stereocenters. The van der Waals surface area contributed by atoms with Crippen molar-refractivity contribution in [2.24, 2.45) is 0 Å². The summed E-state index contributed by atoms with van der Waals surface area (Å²) in [6.45, 7) is 1.89. The predicted molar refractivity (Wildman–Crippen MR) is 67.4 cm³/mol. The molecule has 16 heavy (non-hydrogen) atoms. The van der Waals surface area contributed by atoms with Gasteiger partial charge in [0.2, 0.25) is 0 Å². The van der Waals surface area contributed by atoms with Crippen LogP contribution in [0.3, 0.4) is 0 Å². The first-order valence-electron chi connectivity index (χ1n) is 4.63. The fourth-order valence-electron chi connectivity index (χ4n) is 1.36. The summed E-state index contributed by atoms with van der Waals surface area (Å²) in [7, 11) is 0. The summed E-state index contributed by atoms with van der Waals surface area (Å²) in [6, 6.07) is 5.36. The van der Waals surface area contributed by atoms with Crippen LogP contribution in [0.4, 0.5) is 0 Å². The molecule has 0 bridgehead atoms. The molecule has 1 N–H and O–H groups in total. The zero-order chi connectivity index (χ0) is 11.7. The maximum Gasteiger partial charge on any atom is 0.108 e. The number of rotatable bonds is 2. The molecule has 2 aromatic heterocycles. The average Bonchev–Trinajstić information content (AvgIpc) is 2.58. The summed E-state index contributed by atoms with van der Waals surface area (Å²) in [5, 5.41) is 10.1. The predicted octanol–water partition coefficient (Wildman–Crippen LogP) is 3.84. The van der Waals surface area contributed by atoms with Gasteiger partial charge in [0, 0.05) is 23.0 Å². The van der Waals surface area contributed by atoms with Gasteiger partial charge < -0.3 is 5.11 Å². The van der Waals surface area contributed by atoms with Gasteiger partial charge >= 0.3 is 0 Å². The number of nitrogens with zero attached hydrogens (tertiary/aromatic N) is 1. The normalized spacial score (nSPS) is 12.8. The van der Waals surface area contributed by atoms with Gasteiger partial charge in [-0.15, -0.1) is 11.3 Å². The van der Waals surface area contributed by atoms with Gasteiger partial charge in [0.25, 0.3) is 0 Å². The van der Waals surface area contributed by atoms with Crippen LogP contribution in [-0.4, -0.2) is 10.1 Å². The molecule has 0 fully saturated rings. The standard InChI is InChI=1S/C11H9Cl2NOS/c1-6-2-3-7(5-14-6)10(15)8-4-9(12)16-11(8)13/h2-5,10,15H,1H3. The number of hydrogen-bond donors (Lipinski definition) is 1. The Labute approximate surface area is 107 Å². The van der Waals surface area contributed by atoms with Crippen LogP contribution >= 0.6 is 34.5 Å². The molecular formula is C11H9Cl2NOS. The van der Waals surface area contributed by atoms with E-state index in [4.69, 9.17) is 23.2 Å². The molecule has 2 aromatic rings. The van der Waals surface area contributed by atoms with E-state index in [9.17, 15) is 5.11 Å². The van der Waals surface area contributed by atoms with E-state index < -0.39 is 6.10 Å². The molecule has 0 radical (unpaired) electrons. The second kappa shape index (κ2) is 4.72. The Hall–Kier alpha value is -0.610. The first-order valence-corrected chi connectivity index (χ1v) is 6.20. The minimum Gasteiger partial charge on any atom is -0.384 e. The fourth-order valence-corrected chi connectivity index (χ4v) is 2.88. The van der Waals surface area contributed by atoms with Gasteiger partial charge in [-0.2, -0.15) is 0 Å². The molecular weight excluding hydrogens is 265 g/mol. The zero-order valence-electron chi connectivity index (χ0n) is 8.45. The van der Waals surface area contributed by atoms with Crippen LogP contribution in [0.2, 0.25) is 8.67 Å². The molecule has 0 amide bonds. The summed E-state index contributed by atoms with van der Waals surface area (Å²) in [5.74, 6) is 0. The van der Waals surface area contributed by atoms with Gasteiger partial charge in [-0.25, -0.2) is 0 Å². The van der Waals surface area contributed by atoms with E-state index in [0.29, 0.717) is 19.8 Å². The molecule has 2 nitrogen and oxygen atoms in total. The highest BCUT2D eigenvalue weighted by Gasteiger charge is 2.17. The highest BCUT2D eigenvalue weighted by molar-refractivity contribution is 7.20. The van der Waals surface area contributed by atoms with Crippen molar-refractivity contribution in [3.05, 3.63) is 49.9 Å². The Kier molecular flexibility index (Phi) is 3.50. The quantitative estimate of drug-likeness (QED) is 0.902. The van der Waals surface area contributed by atoms with Crippen LogP contribution in [-0.2, 0) is 0 Å². The van der Waals surface area contributed by atoms with E-state index in [1.165, 1.54) is 11.3 Å². The van der Waals surface area contributed by atoms with Crippen LogP contribution in [0, 0.1) is 6.92 Å². The molecule has 0 aliphatic rings. The number of aliphatic hydroxyl groups is 1. The molecule has 0 spiro atoms. The minimum absolute atomic E-state index is 0.512. The van der Waals surface area contributed by atoms with E-state index in [0.717, 1.165) is 5.69 Å². The molecule has 0 aromatic carbocycles. The maximum atomic E-state index is 10.1. The Morgan fingerprint density at radius 2 is 2.12 bits per heavy atom. The fraction of sp³-hybridized carbons (Fsp3) is 0.182. The Morgan fingerprint density at radius 1 is 1.38 bits per heavy atom. The minimum atomic E-state index is -0.774. The number of aryl methyl sites for hydroxylation is 1. The Morgan fingerprint density at radius 3 is 2.62 bits per heavy atom. The van der Waals surface area contributed by atoms with Crippen molar-refractivity contribution in [2.45, 2.75) is 13.0 Å². The lowest BCUT2D eigenvalue weighted by molar-refractivity contribution is 0.220. The van der Waals surface area contributed by atoms with Crippen LogP contribution in [0.15, 0.2) is 24.4 Å². The van der Waals surface area contributed by atoms with Crippen molar-refractivity contribution >= 4 is 34.5 Å². The third-order valence-electron chi connectivity index (χ3n) is 2.23. The van der Waals surface area contributed by atoms with Crippen molar-refractivity contribution in [2.75, 3.05) is 0 Å². The van der Waals surface area contributed by atoms with Gasteiger partial charge in [0.05, 0.1) is 4.34 Å². The molecule has 0 aliphatic carbocycles. The third kappa shape index (κ3) is 2.38. The molecule has 0 saturated heterocycles. The van der Waals surface area contributed by atoms with E-state index in [1.54, 1.807) is 12.3 Å². The summed E-state index contributed by atoms with van der Waals surface area (Å²) >= 11 is 13.1. The zero-order valence-corrected chi connectivity index (χ0v) is 10.8. The summed E-state index contributed by atoms with van der Waals surface area (Å²) in [6.07, 6.45) is 0.867. The lowest BCUT2D eigenvalue weighted by Gasteiger charge is -2.09. The van der Waals surface area contributed by atoms with Crippen LogP contribution in [0.5, 0.6) is 0 Å². The van der Waals surface area contributed by atoms with E-state index in [2.05, 4.69) is 4.98 Å². The van der Waals surface area contributed by atoms with Crippen LogP contribution in [0.1, 0.15) is 22.9 Å². The molecule has 2 rings (SSSR count). The van der Waals surface area contributed by atoms with Gasteiger partial charge in [-0.05, 0) is 19.1 Å². The highest BCUT2D eigenvalue weighted by Crippen LogP contribution is 2.37. The number of halogens is 2. The second-order valence-corrected chi connectivity index (χ2v) is 5.70. The van der Waals surface area contributed by atoms with Crippen molar-refractivity contribution in [3.63, 3.8) is 0 Å². The van der Waals surface area contributed by atoms with Crippen LogP contribution < -0.4 is 0 Å². The summed E-state index contributed by atoms with van der Waals surface area (Å²) in [4.78, 5) is 4.13. The monoisotopic (exact) mass is 273 g/mol. The van der Waals surface area contributed by atoms with Crippen molar-refractivity contribution in [3.8, 4) is 0 Å². The van der Waals surface area contributed by atoms with Gasteiger partial charge in [-0.1, -0.05) is 29.3 Å². The summed E-state index contributed by atoms with van der Waals surface area (Å²) in [5.41, 5.74) is 2.25. The maximum absolute atomic E-state index is 10.1. The molecule has 0 saturated carbocycles. The van der Waals surface area contributed by atoms with Crippen molar-refractivity contribution < 1.29 is 5.11 Å². The van der Waals surface area contributed by atoms with Gasteiger partial charge in [0.15, 0.2) is 0 Å². The van der Waals surface area contributed by atoms with Crippen molar-refractivity contribution in [1.82, 2.24) is 4.98 Å². The molecule has 2 heterocycles. The number of hydrogen-bond acceptors (Lipinski definition) is 3. The Balaban J connectivity index is 2.35. The number of aromatic nitrogens is 1. The van der Waals surface area contributed by atoms with Crippen molar-refractivity contribution in [1.29, 1.82) is 0 Å². The topological polar surface area (TPSA) is 33.1 Å². The number of pyridine rings is 1.